The van der Waals surface area contributed by atoms with E-state index >= 15 is 0 Å². The summed E-state index contributed by atoms with van der Waals surface area (Å²) < 4.78 is 26.3. The number of halogens is 2. The molecule has 0 bridgehead atoms. The van der Waals surface area contributed by atoms with Crippen molar-refractivity contribution in [2.24, 2.45) is 4.99 Å². The molecule has 3 nitrogen and oxygen atoms in total. The summed E-state index contributed by atoms with van der Waals surface area (Å²) in [6.07, 6.45) is 1.36. The van der Waals surface area contributed by atoms with Gasteiger partial charge in [0.2, 0.25) is 0 Å². The highest BCUT2D eigenvalue weighted by molar-refractivity contribution is 5.86. The third-order valence-electron chi connectivity index (χ3n) is 3.40. The molecule has 0 heterocycles. The predicted octanol–water partition coefficient (Wildman–Crippen LogP) is 4.27. The molecule has 22 heavy (non-hydrogen) atoms. The van der Waals surface area contributed by atoms with E-state index < -0.39 is 11.6 Å². The lowest BCUT2D eigenvalue weighted by atomic mass is 10.2. The van der Waals surface area contributed by atoms with E-state index in [1.807, 2.05) is 19.9 Å². The fourth-order valence-electron chi connectivity index (χ4n) is 2.15. The van der Waals surface area contributed by atoms with Crippen molar-refractivity contribution < 1.29 is 13.9 Å². The van der Waals surface area contributed by atoms with E-state index in [0.29, 0.717) is 5.56 Å². The van der Waals surface area contributed by atoms with Gasteiger partial charge < -0.3 is 10.0 Å². The van der Waals surface area contributed by atoms with Crippen molar-refractivity contribution in [2.75, 3.05) is 18.0 Å². The Morgan fingerprint density at radius 3 is 2.41 bits per heavy atom. The third kappa shape index (κ3) is 3.61. The van der Waals surface area contributed by atoms with Crippen LogP contribution in [-0.4, -0.2) is 24.4 Å². The normalized spacial score (nSPS) is 11.1. The van der Waals surface area contributed by atoms with Gasteiger partial charge in [0.25, 0.3) is 0 Å². The van der Waals surface area contributed by atoms with Crippen LogP contribution in [0.3, 0.4) is 0 Å². The van der Waals surface area contributed by atoms with Gasteiger partial charge >= 0.3 is 0 Å². The van der Waals surface area contributed by atoms with Gasteiger partial charge in [-0.15, -0.1) is 0 Å². The molecule has 0 atom stereocenters. The Balaban J connectivity index is 2.24. The molecule has 1 N–H and O–H groups in total. The second-order valence-corrected chi connectivity index (χ2v) is 4.77. The van der Waals surface area contributed by atoms with Crippen LogP contribution >= 0.6 is 0 Å². The first-order valence-electron chi connectivity index (χ1n) is 7.12. The molecule has 2 aromatic rings. The summed E-state index contributed by atoms with van der Waals surface area (Å²) >= 11 is 0. The number of hydrogen-bond acceptors (Lipinski definition) is 3. The van der Waals surface area contributed by atoms with Gasteiger partial charge in [-0.2, -0.15) is 0 Å². The summed E-state index contributed by atoms with van der Waals surface area (Å²) in [5.74, 6) is -1.32. The summed E-state index contributed by atoms with van der Waals surface area (Å²) in [6.45, 7) is 5.74. The number of nitrogens with zero attached hydrogens (tertiary/aromatic N) is 2. The van der Waals surface area contributed by atoms with Crippen molar-refractivity contribution in [3.05, 3.63) is 53.6 Å². The average molecular weight is 304 g/mol. The zero-order chi connectivity index (χ0) is 16.1. The number of rotatable bonds is 5. The number of hydrogen-bond donors (Lipinski definition) is 1. The Bertz CT molecular complexity index is 682. The zero-order valence-corrected chi connectivity index (χ0v) is 12.6. The van der Waals surface area contributed by atoms with Gasteiger partial charge in [0.05, 0.1) is 5.69 Å². The smallest absolute Gasteiger partial charge is 0.151 e. The first kappa shape index (κ1) is 15.9. The summed E-state index contributed by atoms with van der Waals surface area (Å²) in [7, 11) is 0. The molecule has 0 saturated heterocycles. The van der Waals surface area contributed by atoms with Gasteiger partial charge in [0, 0.05) is 42.7 Å². The number of phenols is 1. The van der Waals surface area contributed by atoms with Crippen LogP contribution in [0.5, 0.6) is 5.75 Å². The monoisotopic (exact) mass is 304 g/mol. The molecule has 0 aliphatic carbocycles. The number of aromatic hydroxyl groups is 1. The molecule has 2 rings (SSSR count). The lowest BCUT2D eigenvalue weighted by molar-refractivity contribution is 0.474. The zero-order valence-electron chi connectivity index (χ0n) is 12.6. The number of benzene rings is 2. The maximum Gasteiger partial charge on any atom is 0.151 e. The van der Waals surface area contributed by atoms with Crippen molar-refractivity contribution in [1.82, 2.24) is 0 Å². The van der Waals surface area contributed by atoms with E-state index in [0.717, 1.165) is 30.9 Å². The largest absolute Gasteiger partial charge is 0.507 e. The molecule has 2 aromatic carbocycles. The predicted molar refractivity (Wildman–Crippen MR) is 85.3 cm³/mol. The highest BCUT2D eigenvalue weighted by Gasteiger charge is 2.06. The van der Waals surface area contributed by atoms with Crippen LogP contribution in [0.2, 0.25) is 0 Å². The average Bonchev–Trinajstić information content (AvgIpc) is 2.49. The summed E-state index contributed by atoms with van der Waals surface area (Å²) in [5, 5.41) is 10.1. The summed E-state index contributed by atoms with van der Waals surface area (Å²) in [5.41, 5.74) is 1.40. The lowest BCUT2D eigenvalue weighted by Crippen LogP contribution is -2.21. The fraction of sp³-hybridized carbons (Fsp3) is 0.235. The van der Waals surface area contributed by atoms with Crippen molar-refractivity contribution in [2.45, 2.75) is 13.8 Å². The van der Waals surface area contributed by atoms with E-state index in [4.69, 9.17) is 0 Å². The van der Waals surface area contributed by atoms with Gasteiger partial charge in [0.15, 0.2) is 5.82 Å². The van der Waals surface area contributed by atoms with Gasteiger partial charge in [-0.05, 0) is 38.1 Å². The molecule has 0 amide bonds. The van der Waals surface area contributed by atoms with Gasteiger partial charge in [-0.3, -0.25) is 4.99 Å². The van der Waals surface area contributed by atoms with Crippen LogP contribution in [0.1, 0.15) is 19.4 Å². The van der Waals surface area contributed by atoms with Crippen LogP contribution in [0.15, 0.2) is 41.4 Å². The Morgan fingerprint density at radius 1 is 1.09 bits per heavy atom. The van der Waals surface area contributed by atoms with Gasteiger partial charge in [-0.1, -0.05) is 0 Å². The van der Waals surface area contributed by atoms with Crippen molar-refractivity contribution >= 4 is 17.6 Å². The number of anilines is 1. The summed E-state index contributed by atoms with van der Waals surface area (Å²) in [4.78, 5) is 6.05. The van der Waals surface area contributed by atoms with Crippen molar-refractivity contribution in [3.63, 3.8) is 0 Å². The van der Waals surface area contributed by atoms with E-state index in [1.54, 1.807) is 12.1 Å². The topological polar surface area (TPSA) is 35.8 Å². The first-order chi connectivity index (χ1) is 10.5. The molecular formula is C17H18F2N2O. The summed E-state index contributed by atoms with van der Waals surface area (Å²) in [6, 6.07) is 8.40. The van der Waals surface area contributed by atoms with Crippen LogP contribution in [0.25, 0.3) is 0 Å². The molecule has 0 fully saturated rings. The van der Waals surface area contributed by atoms with E-state index in [9.17, 15) is 13.9 Å². The van der Waals surface area contributed by atoms with E-state index in [-0.39, 0.29) is 11.4 Å². The molecule has 0 aliphatic rings. The van der Waals surface area contributed by atoms with E-state index in [2.05, 4.69) is 9.89 Å². The maximum atomic E-state index is 13.5. The van der Waals surface area contributed by atoms with Crippen molar-refractivity contribution in [3.8, 4) is 5.75 Å². The highest BCUT2D eigenvalue weighted by atomic mass is 19.1. The molecule has 0 spiro atoms. The van der Waals surface area contributed by atoms with Crippen molar-refractivity contribution in [1.29, 1.82) is 0 Å². The van der Waals surface area contributed by atoms with Crippen LogP contribution in [0, 0.1) is 11.6 Å². The minimum Gasteiger partial charge on any atom is -0.507 e. The second-order valence-electron chi connectivity index (χ2n) is 4.77. The molecule has 0 radical (unpaired) electrons. The van der Waals surface area contributed by atoms with Crippen LogP contribution in [0.4, 0.5) is 20.2 Å². The number of phenolic OH excluding ortho intramolecular Hbond substituents is 1. The third-order valence-corrected chi connectivity index (χ3v) is 3.40. The second kappa shape index (κ2) is 7.02. The fourth-order valence-corrected chi connectivity index (χ4v) is 2.15. The first-order valence-corrected chi connectivity index (χ1v) is 7.12. The standard InChI is InChI=1S/C17H18F2N2O/c1-3-21(4-2)14-7-5-12(17(22)10-14)11-20-16-8-6-13(18)9-15(16)19/h5-11,22H,3-4H2,1-2H3. The molecule has 116 valence electrons. The molecule has 5 heteroatoms. The van der Waals surface area contributed by atoms with Gasteiger partial charge in [0.1, 0.15) is 11.6 Å². The molecule has 0 aliphatic heterocycles. The Morgan fingerprint density at radius 2 is 1.82 bits per heavy atom. The molecule has 0 saturated carbocycles. The quantitative estimate of drug-likeness (QED) is 0.837. The minimum atomic E-state index is -0.740. The van der Waals surface area contributed by atoms with Crippen LogP contribution < -0.4 is 4.90 Å². The molecule has 0 aromatic heterocycles. The van der Waals surface area contributed by atoms with Crippen LogP contribution in [-0.2, 0) is 0 Å². The van der Waals surface area contributed by atoms with E-state index in [1.165, 1.54) is 12.3 Å². The SMILES string of the molecule is CCN(CC)c1ccc(C=Nc2ccc(F)cc2F)c(O)c1. The Kier molecular flexibility index (Phi) is 5.09. The Hall–Kier alpha value is -2.43. The highest BCUT2D eigenvalue weighted by Crippen LogP contribution is 2.25. The Labute approximate surface area is 128 Å². The molecular weight excluding hydrogens is 286 g/mol. The molecule has 0 unspecified atom stereocenters. The lowest BCUT2D eigenvalue weighted by Gasteiger charge is -2.21. The minimum absolute atomic E-state index is 0.0219. The maximum absolute atomic E-state index is 13.5. The number of aliphatic imine (C=N–C) groups is 1. The van der Waals surface area contributed by atoms with Gasteiger partial charge in [-0.25, -0.2) is 8.78 Å².